The molecule has 1 saturated carbocycles. The van der Waals surface area contributed by atoms with Gasteiger partial charge in [0.2, 0.25) is 0 Å². The van der Waals surface area contributed by atoms with Crippen LogP contribution in [0.15, 0.2) is 59.7 Å². The highest BCUT2D eigenvalue weighted by atomic mass is 32.2. The summed E-state index contributed by atoms with van der Waals surface area (Å²) in [7, 11) is -3.59. The van der Waals surface area contributed by atoms with Crippen molar-refractivity contribution in [1.29, 1.82) is 0 Å². The Morgan fingerprint density at radius 3 is 2.33 bits per heavy atom. The average molecular weight is 510 g/mol. The number of ether oxygens (including phenoxy) is 1. The number of unbranched alkanes of at least 4 members (excludes halogenated alkanes) is 2. The minimum atomic E-state index is -3.59. The molecule has 0 saturated heterocycles. The number of allylic oxidation sites excluding steroid dienone is 1. The van der Waals surface area contributed by atoms with Crippen LogP contribution in [-0.2, 0) is 14.6 Å². The summed E-state index contributed by atoms with van der Waals surface area (Å²) in [6.45, 7) is 6.48. The van der Waals surface area contributed by atoms with Gasteiger partial charge >= 0.3 is 0 Å². The number of para-hydroxylation sites is 1. The van der Waals surface area contributed by atoms with Crippen LogP contribution in [0.25, 0.3) is 0 Å². The molecule has 5 nitrogen and oxygen atoms in total. The lowest BCUT2D eigenvalue weighted by Gasteiger charge is -2.37. The summed E-state index contributed by atoms with van der Waals surface area (Å²) in [4.78, 5) is 14.0. The third-order valence-electron chi connectivity index (χ3n) is 7.41. The van der Waals surface area contributed by atoms with Crippen LogP contribution in [0, 0.1) is 5.41 Å². The molecule has 4 rings (SSSR count). The van der Waals surface area contributed by atoms with Gasteiger partial charge in [0, 0.05) is 29.8 Å². The second-order valence-electron chi connectivity index (χ2n) is 10.6. The van der Waals surface area contributed by atoms with E-state index in [4.69, 9.17) is 4.74 Å². The predicted octanol–water partition coefficient (Wildman–Crippen LogP) is 7.34. The Kier molecular flexibility index (Phi) is 8.23. The first-order valence-corrected chi connectivity index (χ1v) is 15.0. The number of hydrogen-bond donors (Lipinski definition) is 0. The molecule has 0 amide bonds. The Bertz CT molecular complexity index is 1190. The van der Waals surface area contributed by atoms with Crippen LogP contribution in [0.1, 0.15) is 83.6 Å². The van der Waals surface area contributed by atoms with Gasteiger partial charge in [-0.3, -0.25) is 4.79 Å². The van der Waals surface area contributed by atoms with Crippen molar-refractivity contribution in [2.75, 3.05) is 17.2 Å². The number of nitrogens with zero attached hydrogens (tertiary/aromatic N) is 1. The van der Waals surface area contributed by atoms with Crippen LogP contribution in [0.5, 0.6) is 5.75 Å². The number of carbonyl (C=O) groups excluding carboxylic acids is 1. The fourth-order valence-corrected chi connectivity index (χ4v) is 7.48. The first-order valence-electron chi connectivity index (χ1n) is 13.4. The van der Waals surface area contributed by atoms with Crippen molar-refractivity contribution in [3.8, 4) is 5.75 Å². The summed E-state index contributed by atoms with van der Waals surface area (Å²) in [5.41, 5.74) is 2.46. The van der Waals surface area contributed by atoms with Crippen molar-refractivity contribution in [2.24, 2.45) is 5.41 Å². The maximum atomic E-state index is 14.1. The first kappa shape index (κ1) is 26.5. The van der Waals surface area contributed by atoms with Crippen molar-refractivity contribution in [1.82, 2.24) is 0 Å². The van der Waals surface area contributed by atoms with Crippen LogP contribution in [0.4, 0.5) is 11.4 Å². The van der Waals surface area contributed by atoms with Crippen molar-refractivity contribution >= 4 is 27.0 Å². The van der Waals surface area contributed by atoms with E-state index >= 15 is 0 Å². The van der Waals surface area contributed by atoms with Crippen LogP contribution in [0.3, 0.4) is 0 Å². The fourth-order valence-electron chi connectivity index (χ4n) is 5.36. The number of rotatable bonds is 11. The van der Waals surface area contributed by atoms with Crippen LogP contribution < -0.4 is 9.64 Å². The zero-order valence-corrected chi connectivity index (χ0v) is 22.6. The highest BCUT2D eigenvalue weighted by Crippen LogP contribution is 2.51. The highest BCUT2D eigenvalue weighted by Gasteiger charge is 2.43. The molecule has 1 aliphatic carbocycles. The quantitative estimate of drug-likeness (QED) is 0.234. The number of fused-ring (bicyclic) bond motifs is 1. The summed E-state index contributed by atoms with van der Waals surface area (Å²) < 4.78 is 34.1. The molecule has 6 heteroatoms. The Labute approximate surface area is 216 Å². The van der Waals surface area contributed by atoms with Gasteiger partial charge in [-0.15, -0.1) is 0 Å². The van der Waals surface area contributed by atoms with E-state index < -0.39 is 9.84 Å². The molecule has 2 aromatic rings. The molecule has 0 unspecified atom stereocenters. The minimum Gasteiger partial charge on any atom is -0.465 e. The van der Waals surface area contributed by atoms with Gasteiger partial charge in [0.15, 0.2) is 15.6 Å². The lowest BCUT2D eigenvalue weighted by Crippen LogP contribution is -2.38. The number of anilines is 2. The number of carbonyl (C=O) groups is 1. The van der Waals surface area contributed by atoms with E-state index in [1.165, 1.54) is 19.3 Å². The molecule has 2 aromatic carbocycles. The lowest BCUT2D eigenvalue weighted by atomic mass is 9.79. The Balaban J connectivity index is 1.90. The van der Waals surface area contributed by atoms with E-state index in [1.54, 1.807) is 6.07 Å². The average Bonchev–Trinajstić information content (AvgIpc) is 3.70. The van der Waals surface area contributed by atoms with Gasteiger partial charge in [-0.05, 0) is 62.3 Å². The zero-order chi connectivity index (χ0) is 25.8. The summed E-state index contributed by atoms with van der Waals surface area (Å²) in [5.74, 6) is 0.920. The molecule has 0 spiro atoms. The molecule has 1 fully saturated rings. The summed E-state index contributed by atoms with van der Waals surface area (Å²) in [6, 6.07) is 13.9. The number of ketones is 1. The third-order valence-corrected chi connectivity index (χ3v) is 9.40. The molecular formula is C30H39NO4S. The normalized spacial score (nSPS) is 18.6. The Hall–Kier alpha value is -2.60. The number of benzene rings is 2. The molecule has 194 valence electrons. The van der Waals surface area contributed by atoms with Crippen molar-refractivity contribution < 1.29 is 17.9 Å². The second kappa shape index (κ2) is 11.2. The molecule has 0 radical (unpaired) electrons. The molecule has 0 bridgehead atoms. The smallest absolute Gasteiger partial charge is 0.181 e. The molecule has 0 atom stereocenters. The van der Waals surface area contributed by atoms with Crippen LogP contribution in [-0.4, -0.2) is 26.5 Å². The second-order valence-corrected chi connectivity index (χ2v) is 12.5. The Morgan fingerprint density at radius 2 is 1.75 bits per heavy atom. The summed E-state index contributed by atoms with van der Waals surface area (Å²) in [5, 5.41) is 0. The fraction of sp³-hybridized carbons (Fsp3) is 0.500. The van der Waals surface area contributed by atoms with Gasteiger partial charge in [-0.1, -0.05) is 57.7 Å². The maximum Gasteiger partial charge on any atom is 0.181 e. The molecule has 1 aliphatic heterocycles. The molecule has 1 heterocycles. The van der Waals surface area contributed by atoms with E-state index in [0.29, 0.717) is 23.1 Å². The van der Waals surface area contributed by atoms with E-state index in [0.717, 1.165) is 68.3 Å². The molecule has 0 aromatic heterocycles. The standard InChI is InChI=1S/C30H39NO4S/c1-4-6-16-30(17-7-5-2)21-31(25-11-9-8-10-12-25)27-19-26(24-13-14-24)28(35-18-15-23(3)32)20-29(27)36(33,34)22-30/h8-12,15,18-20,24H,4-7,13-14,16-17,21-22H2,1-3H3/b18-15+. The topological polar surface area (TPSA) is 63.7 Å². The van der Waals surface area contributed by atoms with E-state index in [2.05, 4.69) is 30.9 Å². The van der Waals surface area contributed by atoms with Gasteiger partial charge in [0.25, 0.3) is 0 Å². The third kappa shape index (κ3) is 6.03. The van der Waals surface area contributed by atoms with Gasteiger partial charge in [0.05, 0.1) is 22.6 Å². The monoisotopic (exact) mass is 509 g/mol. The summed E-state index contributed by atoms with van der Waals surface area (Å²) >= 11 is 0. The number of sulfone groups is 1. The molecule has 0 N–H and O–H groups in total. The Morgan fingerprint density at radius 1 is 1.08 bits per heavy atom. The predicted molar refractivity (Wildman–Crippen MR) is 146 cm³/mol. The zero-order valence-electron chi connectivity index (χ0n) is 21.8. The largest absolute Gasteiger partial charge is 0.465 e. The van der Waals surface area contributed by atoms with Crippen LogP contribution in [0.2, 0.25) is 0 Å². The summed E-state index contributed by atoms with van der Waals surface area (Å²) in [6.07, 6.45) is 10.7. The van der Waals surface area contributed by atoms with Crippen LogP contribution >= 0.6 is 0 Å². The maximum absolute atomic E-state index is 14.1. The number of hydrogen-bond acceptors (Lipinski definition) is 5. The van der Waals surface area contributed by atoms with E-state index in [9.17, 15) is 13.2 Å². The van der Waals surface area contributed by atoms with E-state index in [-0.39, 0.29) is 17.0 Å². The van der Waals surface area contributed by atoms with Crippen molar-refractivity contribution in [2.45, 2.75) is 83.0 Å². The van der Waals surface area contributed by atoms with Gasteiger partial charge in [-0.2, -0.15) is 0 Å². The van der Waals surface area contributed by atoms with Gasteiger partial charge < -0.3 is 9.64 Å². The van der Waals surface area contributed by atoms with Gasteiger partial charge in [0.1, 0.15) is 5.75 Å². The van der Waals surface area contributed by atoms with Gasteiger partial charge in [-0.25, -0.2) is 8.42 Å². The highest BCUT2D eigenvalue weighted by molar-refractivity contribution is 7.91. The molecular weight excluding hydrogens is 470 g/mol. The molecule has 2 aliphatic rings. The minimum absolute atomic E-state index is 0.114. The van der Waals surface area contributed by atoms with E-state index in [1.807, 2.05) is 24.3 Å². The molecule has 36 heavy (non-hydrogen) atoms. The first-order chi connectivity index (χ1) is 17.3. The van der Waals surface area contributed by atoms with Crippen molar-refractivity contribution in [3.05, 3.63) is 60.4 Å². The lowest BCUT2D eigenvalue weighted by molar-refractivity contribution is -0.112. The SMILES string of the molecule is CCCCC1(CCCC)CN(c2ccccc2)c2cc(C3CC3)c(O/C=C/C(C)=O)cc2S(=O)(=O)C1. The van der Waals surface area contributed by atoms with Crippen molar-refractivity contribution in [3.63, 3.8) is 0 Å².